The van der Waals surface area contributed by atoms with Crippen LogP contribution in [0.3, 0.4) is 0 Å². The predicted molar refractivity (Wildman–Crippen MR) is 132 cm³/mol. The Labute approximate surface area is 203 Å². The number of aromatic amines is 1. The third-order valence-corrected chi connectivity index (χ3v) is 5.93. The Morgan fingerprint density at radius 1 is 0.806 bits per heavy atom. The molecule has 0 radical (unpaired) electrons. The van der Waals surface area contributed by atoms with Gasteiger partial charge in [0.1, 0.15) is 17.3 Å². The number of para-hydroxylation sites is 2. The summed E-state index contributed by atoms with van der Waals surface area (Å²) in [6, 6.07) is 24.9. The number of aromatic nitrogens is 2. The molecule has 0 saturated carbocycles. The predicted octanol–water partition coefficient (Wildman–Crippen LogP) is 5.73. The number of anilines is 1. The Morgan fingerprint density at radius 3 is 2.22 bits per heavy atom. The molecule has 4 aromatic carbocycles. The van der Waals surface area contributed by atoms with E-state index in [1.54, 1.807) is 36.4 Å². The van der Waals surface area contributed by atoms with E-state index in [0.29, 0.717) is 23.0 Å². The summed E-state index contributed by atoms with van der Waals surface area (Å²) in [6.45, 7) is 0. The number of non-ortho nitro benzene ring substituents is 1. The molecule has 0 bridgehead atoms. The number of rotatable bonds is 5. The lowest BCUT2D eigenvalue weighted by molar-refractivity contribution is -0.384. The first-order valence-corrected chi connectivity index (χ1v) is 11.0. The smallest absolute Gasteiger partial charge is 0.269 e. The van der Waals surface area contributed by atoms with Gasteiger partial charge in [0.2, 0.25) is 0 Å². The fourth-order valence-electron chi connectivity index (χ4n) is 4.15. The average molecular weight is 476 g/mol. The number of ether oxygens (including phenoxy) is 1. The number of nitrogens with one attached hydrogen (secondary N) is 1. The fourth-order valence-corrected chi connectivity index (χ4v) is 4.15. The molecule has 1 aliphatic heterocycles. The molecule has 0 unspecified atom stereocenters. The SMILES string of the molecule is O=C1c2ccc(Oc3ccc([N+](=O)[O-])cc3)cc2C(=O)N1c1ccc(-c2nc3ccccc3[nH]2)cc1. The molecular formula is C27H16N4O5. The van der Waals surface area contributed by atoms with Gasteiger partial charge in [-0.3, -0.25) is 19.7 Å². The lowest BCUT2D eigenvalue weighted by Crippen LogP contribution is -2.29. The molecule has 6 rings (SSSR count). The zero-order valence-corrected chi connectivity index (χ0v) is 18.5. The minimum absolute atomic E-state index is 0.0564. The Hall–Kier alpha value is -5.31. The van der Waals surface area contributed by atoms with Crippen molar-refractivity contribution in [3.8, 4) is 22.9 Å². The molecule has 36 heavy (non-hydrogen) atoms. The van der Waals surface area contributed by atoms with Gasteiger partial charge in [0, 0.05) is 17.7 Å². The number of imidazole rings is 1. The summed E-state index contributed by atoms with van der Waals surface area (Å²) < 4.78 is 5.74. The average Bonchev–Trinajstić information content (AvgIpc) is 3.43. The van der Waals surface area contributed by atoms with E-state index in [2.05, 4.69) is 9.97 Å². The van der Waals surface area contributed by atoms with Crippen molar-refractivity contribution in [2.24, 2.45) is 0 Å². The molecule has 1 N–H and O–H groups in total. The largest absolute Gasteiger partial charge is 0.457 e. The molecular weight excluding hydrogens is 460 g/mol. The second-order valence-corrected chi connectivity index (χ2v) is 8.16. The molecule has 9 heteroatoms. The molecule has 2 heterocycles. The number of amides is 2. The van der Waals surface area contributed by atoms with E-state index < -0.39 is 16.7 Å². The van der Waals surface area contributed by atoms with Crippen molar-refractivity contribution >= 4 is 34.2 Å². The van der Waals surface area contributed by atoms with Crippen molar-refractivity contribution in [1.29, 1.82) is 0 Å². The molecule has 2 amide bonds. The summed E-state index contributed by atoms with van der Waals surface area (Å²) in [6.07, 6.45) is 0. The minimum Gasteiger partial charge on any atom is -0.457 e. The molecule has 0 fully saturated rings. The van der Waals surface area contributed by atoms with Crippen LogP contribution < -0.4 is 9.64 Å². The van der Waals surface area contributed by atoms with Crippen molar-refractivity contribution in [2.45, 2.75) is 0 Å². The van der Waals surface area contributed by atoms with E-state index >= 15 is 0 Å². The van der Waals surface area contributed by atoms with Crippen molar-refractivity contribution in [2.75, 3.05) is 4.90 Å². The third-order valence-electron chi connectivity index (χ3n) is 5.93. The van der Waals surface area contributed by atoms with Crippen LogP contribution in [0.1, 0.15) is 20.7 Å². The first-order chi connectivity index (χ1) is 17.5. The second-order valence-electron chi connectivity index (χ2n) is 8.16. The van der Waals surface area contributed by atoms with Crippen LogP contribution in [0.25, 0.3) is 22.4 Å². The highest BCUT2D eigenvalue weighted by atomic mass is 16.6. The van der Waals surface area contributed by atoms with Crippen molar-refractivity contribution in [3.05, 3.63) is 112 Å². The molecule has 0 spiro atoms. The molecule has 1 aromatic heterocycles. The highest BCUT2D eigenvalue weighted by Gasteiger charge is 2.37. The quantitative estimate of drug-likeness (QED) is 0.197. The van der Waals surface area contributed by atoms with E-state index in [-0.39, 0.29) is 16.8 Å². The lowest BCUT2D eigenvalue weighted by Gasteiger charge is -2.14. The van der Waals surface area contributed by atoms with Crippen LogP contribution >= 0.6 is 0 Å². The van der Waals surface area contributed by atoms with Gasteiger partial charge in [0.15, 0.2) is 0 Å². The van der Waals surface area contributed by atoms with Crippen LogP contribution in [0.15, 0.2) is 91.0 Å². The Bertz CT molecular complexity index is 1640. The van der Waals surface area contributed by atoms with Crippen molar-refractivity contribution < 1.29 is 19.2 Å². The molecule has 0 atom stereocenters. The number of hydrogen-bond donors (Lipinski definition) is 1. The maximum absolute atomic E-state index is 13.2. The van der Waals surface area contributed by atoms with Crippen LogP contribution in [0.4, 0.5) is 11.4 Å². The van der Waals surface area contributed by atoms with Crippen molar-refractivity contribution in [3.63, 3.8) is 0 Å². The summed E-state index contributed by atoms with van der Waals surface area (Å²) in [5.74, 6) is 0.522. The zero-order chi connectivity index (χ0) is 24.8. The number of nitro benzene ring substituents is 1. The van der Waals surface area contributed by atoms with Crippen LogP contribution in [0, 0.1) is 10.1 Å². The number of nitro groups is 1. The summed E-state index contributed by atoms with van der Waals surface area (Å²) in [5.41, 5.74) is 3.48. The topological polar surface area (TPSA) is 118 Å². The number of nitrogens with zero attached hydrogens (tertiary/aromatic N) is 3. The number of H-pyrrole nitrogens is 1. The summed E-state index contributed by atoms with van der Waals surface area (Å²) in [7, 11) is 0. The fraction of sp³-hybridized carbons (Fsp3) is 0. The maximum atomic E-state index is 13.2. The highest BCUT2D eigenvalue weighted by Crippen LogP contribution is 2.33. The van der Waals surface area contributed by atoms with Crippen molar-refractivity contribution in [1.82, 2.24) is 9.97 Å². The molecule has 1 aliphatic rings. The molecule has 9 nitrogen and oxygen atoms in total. The number of carbonyl (C=O) groups excluding carboxylic acids is 2. The van der Waals surface area contributed by atoms with Gasteiger partial charge in [-0.25, -0.2) is 9.88 Å². The Morgan fingerprint density at radius 2 is 1.50 bits per heavy atom. The van der Waals surface area contributed by atoms with Gasteiger partial charge < -0.3 is 9.72 Å². The van der Waals surface area contributed by atoms with Crippen LogP contribution in [-0.4, -0.2) is 26.7 Å². The lowest BCUT2D eigenvalue weighted by atomic mass is 10.1. The third kappa shape index (κ3) is 3.55. The van der Waals surface area contributed by atoms with Gasteiger partial charge in [-0.1, -0.05) is 12.1 Å². The van der Waals surface area contributed by atoms with Gasteiger partial charge >= 0.3 is 0 Å². The zero-order valence-electron chi connectivity index (χ0n) is 18.5. The molecule has 0 aliphatic carbocycles. The number of imide groups is 1. The normalized spacial score (nSPS) is 12.7. The summed E-state index contributed by atoms with van der Waals surface area (Å²) in [4.78, 5) is 45.5. The van der Waals surface area contributed by atoms with E-state index in [0.717, 1.165) is 21.5 Å². The Balaban J connectivity index is 1.24. The molecule has 5 aromatic rings. The highest BCUT2D eigenvalue weighted by molar-refractivity contribution is 6.34. The second kappa shape index (κ2) is 8.17. The number of benzene rings is 4. The van der Waals surface area contributed by atoms with Gasteiger partial charge in [-0.15, -0.1) is 0 Å². The Kier molecular flexibility index (Phi) is 4.82. The van der Waals surface area contributed by atoms with Gasteiger partial charge in [0.25, 0.3) is 17.5 Å². The van der Waals surface area contributed by atoms with Gasteiger partial charge in [-0.05, 0) is 66.7 Å². The van der Waals surface area contributed by atoms with E-state index in [1.165, 1.54) is 30.3 Å². The first kappa shape index (κ1) is 21.2. The minimum atomic E-state index is -0.499. The van der Waals surface area contributed by atoms with E-state index in [1.807, 2.05) is 24.3 Å². The van der Waals surface area contributed by atoms with Gasteiger partial charge in [0.05, 0.1) is 32.8 Å². The van der Waals surface area contributed by atoms with Crippen LogP contribution in [-0.2, 0) is 0 Å². The maximum Gasteiger partial charge on any atom is 0.269 e. The number of fused-ring (bicyclic) bond motifs is 2. The summed E-state index contributed by atoms with van der Waals surface area (Å²) >= 11 is 0. The van der Waals surface area contributed by atoms with Crippen LogP contribution in [0.2, 0.25) is 0 Å². The molecule has 0 saturated heterocycles. The van der Waals surface area contributed by atoms with Crippen LogP contribution in [0.5, 0.6) is 11.5 Å². The van der Waals surface area contributed by atoms with E-state index in [4.69, 9.17) is 4.74 Å². The summed E-state index contributed by atoms with van der Waals surface area (Å²) in [5, 5.41) is 10.8. The molecule has 174 valence electrons. The first-order valence-electron chi connectivity index (χ1n) is 11.0. The standard InChI is InChI=1S/C27H16N4O5/c32-26-21-14-13-20(36-19-11-9-18(10-12-19)31(34)35)15-22(21)27(33)30(26)17-7-5-16(6-8-17)25-28-23-3-1-2-4-24(23)29-25/h1-15H,(H,28,29). The monoisotopic (exact) mass is 476 g/mol. The van der Waals surface area contributed by atoms with Gasteiger partial charge in [-0.2, -0.15) is 0 Å². The number of carbonyl (C=O) groups is 2. The van der Waals surface area contributed by atoms with E-state index in [9.17, 15) is 19.7 Å². The number of hydrogen-bond acceptors (Lipinski definition) is 6.